The Bertz CT molecular complexity index is 687. The lowest BCUT2D eigenvalue weighted by atomic mass is 10.2. The maximum atomic E-state index is 12.0. The first-order valence-electron chi connectivity index (χ1n) is 6.09. The first-order chi connectivity index (χ1) is 9.46. The zero-order chi connectivity index (χ0) is 14.6. The number of anilines is 2. The van der Waals surface area contributed by atoms with Gasteiger partial charge in [0.05, 0.1) is 17.6 Å². The molecule has 0 saturated carbocycles. The topological polar surface area (TPSA) is 98.0 Å². The Balaban J connectivity index is 2.02. The van der Waals surface area contributed by atoms with Crippen LogP contribution in [0.15, 0.2) is 36.7 Å². The van der Waals surface area contributed by atoms with Crippen LogP contribution < -0.4 is 10.5 Å². The van der Waals surface area contributed by atoms with E-state index in [1.54, 1.807) is 31.3 Å². The summed E-state index contributed by atoms with van der Waals surface area (Å²) in [5.41, 5.74) is 7.68. The van der Waals surface area contributed by atoms with E-state index in [2.05, 4.69) is 14.7 Å². The molecule has 0 aliphatic carbocycles. The lowest BCUT2D eigenvalue weighted by molar-refractivity contribution is 0.600. The molecule has 0 aliphatic heterocycles. The number of aryl methyl sites for hydroxylation is 2. The van der Waals surface area contributed by atoms with Gasteiger partial charge in [0.15, 0.2) is 0 Å². The van der Waals surface area contributed by atoms with E-state index in [1.807, 2.05) is 6.07 Å². The van der Waals surface area contributed by atoms with Gasteiger partial charge in [0.1, 0.15) is 5.82 Å². The molecule has 2 rings (SSSR count). The summed E-state index contributed by atoms with van der Waals surface area (Å²) >= 11 is 0. The van der Waals surface area contributed by atoms with Crippen molar-refractivity contribution in [2.75, 3.05) is 16.2 Å². The molecule has 2 aromatic heterocycles. The van der Waals surface area contributed by atoms with E-state index < -0.39 is 10.0 Å². The van der Waals surface area contributed by atoms with Crippen LogP contribution in [0, 0.1) is 6.92 Å². The van der Waals surface area contributed by atoms with Crippen LogP contribution in [-0.2, 0) is 16.4 Å². The van der Waals surface area contributed by atoms with Crippen molar-refractivity contribution in [3.8, 4) is 0 Å². The molecule has 3 N–H and O–H groups in total. The molecule has 106 valence electrons. The van der Waals surface area contributed by atoms with E-state index >= 15 is 0 Å². The van der Waals surface area contributed by atoms with Crippen molar-refractivity contribution in [1.82, 2.24) is 9.97 Å². The number of rotatable bonds is 5. The van der Waals surface area contributed by atoms with Crippen molar-refractivity contribution < 1.29 is 8.42 Å². The van der Waals surface area contributed by atoms with Gasteiger partial charge in [0.25, 0.3) is 0 Å². The summed E-state index contributed by atoms with van der Waals surface area (Å²) in [6.45, 7) is 1.79. The minimum atomic E-state index is -3.46. The van der Waals surface area contributed by atoms with Gasteiger partial charge in [-0.15, -0.1) is 0 Å². The van der Waals surface area contributed by atoms with Crippen LogP contribution in [0.2, 0.25) is 0 Å². The predicted octanol–water partition coefficient (Wildman–Crippen LogP) is 1.35. The number of nitrogen functional groups attached to an aromatic ring is 1. The molecule has 0 amide bonds. The third kappa shape index (κ3) is 3.92. The van der Waals surface area contributed by atoms with Crippen LogP contribution in [0.3, 0.4) is 0 Å². The Morgan fingerprint density at radius 3 is 2.75 bits per heavy atom. The van der Waals surface area contributed by atoms with Crippen LogP contribution in [0.1, 0.15) is 11.3 Å². The third-order valence-electron chi connectivity index (χ3n) is 2.76. The van der Waals surface area contributed by atoms with E-state index in [0.717, 1.165) is 11.3 Å². The summed E-state index contributed by atoms with van der Waals surface area (Å²) in [6.07, 6.45) is 3.43. The summed E-state index contributed by atoms with van der Waals surface area (Å²) in [4.78, 5) is 8.04. The minimum absolute atomic E-state index is 0.0465. The highest BCUT2D eigenvalue weighted by molar-refractivity contribution is 7.92. The van der Waals surface area contributed by atoms with Gasteiger partial charge < -0.3 is 5.73 Å². The van der Waals surface area contributed by atoms with Crippen molar-refractivity contribution in [2.45, 2.75) is 13.3 Å². The number of nitrogens with zero attached hydrogens (tertiary/aromatic N) is 2. The maximum Gasteiger partial charge on any atom is 0.234 e. The lowest BCUT2D eigenvalue weighted by Gasteiger charge is -2.08. The molecule has 0 aromatic carbocycles. The van der Waals surface area contributed by atoms with Gasteiger partial charge in [-0.1, -0.05) is 6.07 Å². The van der Waals surface area contributed by atoms with Crippen molar-refractivity contribution in [3.05, 3.63) is 47.9 Å². The lowest BCUT2D eigenvalue weighted by Crippen LogP contribution is -2.19. The van der Waals surface area contributed by atoms with Crippen LogP contribution in [0.25, 0.3) is 0 Å². The molecule has 0 radical (unpaired) electrons. The molecular weight excluding hydrogens is 276 g/mol. The standard InChI is InChI=1S/C13H16N4O2S/c1-10-8-13(16-9-12(10)14)17-20(18,19)7-5-11-4-2-3-6-15-11/h2-4,6,8-9H,5,7,14H2,1H3,(H,16,17). The number of nitrogens with two attached hydrogens (primary N) is 1. The van der Waals surface area contributed by atoms with Crippen LogP contribution in [-0.4, -0.2) is 24.1 Å². The van der Waals surface area contributed by atoms with Crippen molar-refractivity contribution >= 4 is 21.5 Å². The molecule has 7 heteroatoms. The largest absolute Gasteiger partial charge is 0.397 e. The molecule has 0 bridgehead atoms. The number of hydrogen-bond donors (Lipinski definition) is 2. The van der Waals surface area contributed by atoms with Gasteiger partial charge in [-0.3, -0.25) is 9.71 Å². The maximum absolute atomic E-state index is 12.0. The van der Waals surface area contributed by atoms with Gasteiger partial charge >= 0.3 is 0 Å². The van der Waals surface area contributed by atoms with Crippen LogP contribution >= 0.6 is 0 Å². The number of pyridine rings is 2. The fourth-order valence-electron chi connectivity index (χ4n) is 1.62. The molecule has 20 heavy (non-hydrogen) atoms. The van der Waals surface area contributed by atoms with Gasteiger partial charge in [-0.05, 0) is 30.7 Å². The fourth-order valence-corrected chi connectivity index (χ4v) is 2.63. The van der Waals surface area contributed by atoms with Crippen LogP contribution in [0.5, 0.6) is 0 Å². The van der Waals surface area contributed by atoms with Crippen LogP contribution in [0.4, 0.5) is 11.5 Å². The molecular formula is C13H16N4O2S. The van der Waals surface area contributed by atoms with Gasteiger partial charge in [-0.25, -0.2) is 13.4 Å². The number of hydrogen-bond acceptors (Lipinski definition) is 5. The van der Waals surface area contributed by atoms with Crippen molar-refractivity contribution in [1.29, 1.82) is 0 Å². The second-order valence-electron chi connectivity index (χ2n) is 4.42. The zero-order valence-electron chi connectivity index (χ0n) is 11.1. The summed E-state index contributed by atoms with van der Waals surface area (Å²) in [6, 6.07) is 7.01. The van der Waals surface area contributed by atoms with Crippen molar-refractivity contribution in [2.24, 2.45) is 0 Å². The first-order valence-corrected chi connectivity index (χ1v) is 7.74. The molecule has 0 atom stereocenters. The van der Waals surface area contributed by atoms with Gasteiger partial charge in [0, 0.05) is 18.3 Å². The normalized spacial score (nSPS) is 11.2. The van der Waals surface area contributed by atoms with Crippen molar-refractivity contribution in [3.63, 3.8) is 0 Å². The Morgan fingerprint density at radius 2 is 2.10 bits per heavy atom. The van der Waals surface area contributed by atoms with E-state index in [9.17, 15) is 8.42 Å². The molecule has 0 saturated heterocycles. The van der Waals surface area contributed by atoms with Gasteiger partial charge in [0.2, 0.25) is 10.0 Å². The van der Waals surface area contributed by atoms with E-state index in [1.165, 1.54) is 6.20 Å². The Labute approximate surface area is 118 Å². The average Bonchev–Trinajstić information content (AvgIpc) is 2.42. The Hall–Kier alpha value is -2.15. The number of sulfonamides is 1. The summed E-state index contributed by atoms with van der Waals surface area (Å²) < 4.78 is 26.4. The molecule has 0 fully saturated rings. The molecule has 0 aliphatic rings. The highest BCUT2D eigenvalue weighted by atomic mass is 32.2. The highest BCUT2D eigenvalue weighted by Crippen LogP contribution is 2.14. The van der Waals surface area contributed by atoms with E-state index in [-0.39, 0.29) is 11.6 Å². The van der Waals surface area contributed by atoms with Gasteiger partial charge in [-0.2, -0.15) is 0 Å². The molecule has 2 aromatic rings. The minimum Gasteiger partial charge on any atom is -0.397 e. The molecule has 0 unspecified atom stereocenters. The zero-order valence-corrected chi connectivity index (χ0v) is 11.9. The summed E-state index contributed by atoms with van der Waals surface area (Å²) in [5.74, 6) is 0.229. The monoisotopic (exact) mass is 292 g/mol. The van der Waals surface area contributed by atoms with E-state index in [4.69, 9.17) is 5.73 Å². The number of aromatic nitrogens is 2. The smallest absolute Gasteiger partial charge is 0.234 e. The second kappa shape index (κ2) is 5.87. The molecule has 6 nitrogen and oxygen atoms in total. The molecule has 2 heterocycles. The SMILES string of the molecule is Cc1cc(NS(=O)(=O)CCc2ccccn2)ncc1N. The van der Waals surface area contributed by atoms with E-state index in [0.29, 0.717) is 12.1 Å². The number of nitrogens with one attached hydrogen (secondary N) is 1. The first kappa shape index (κ1) is 14.3. The fraction of sp³-hybridized carbons (Fsp3) is 0.231. The summed E-state index contributed by atoms with van der Waals surface area (Å²) in [5, 5.41) is 0. The molecule has 0 spiro atoms. The quantitative estimate of drug-likeness (QED) is 0.867. The predicted molar refractivity (Wildman–Crippen MR) is 78.7 cm³/mol. The Kier molecular flexibility index (Phi) is 4.19. The highest BCUT2D eigenvalue weighted by Gasteiger charge is 2.12. The Morgan fingerprint density at radius 1 is 1.30 bits per heavy atom. The third-order valence-corrected chi connectivity index (χ3v) is 4.03. The summed E-state index contributed by atoms with van der Waals surface area (Å²) in [7, 11) is -3.46. The second-order valence-corrected chi connectivity index (χ2v) is 6.26. The average molecular weight is 292 g/mol.